The van der Waals surface area contributed by atoms with Crippen molar-refractivity contribution in [1.82, 2.24) is 10.2 Å². The molecule has 0 amide bonds. The van der Waals surface area contributed by atoms with Crippen molar-refractivity contribution in [3.8, 4) is 0 Å². The van der Waals surface area contributed by atoms with Crippen molar-refractivity contribution >= 4 is 0 Å². The standard InChI is InChI=1S/C17H28N2/c1-13-14(2)19(11-10-18-13)12-15-6-8-16(9-7-15)17(3,4)5/h6-9,13-14,18H,10-12H2,1-5H3. The maximum absolute atomic E-state index is 3.53. The van der Waals surface area contributed by atoms with Crippen LogP contribution in [0.1, 0.15) is 45.7 Å². The molecule has 2 nitrogen and oxygen atoms in total. The fourth-order valence-corrected chi connectivity index (χ4v) is 2.69. The molecular weight excluding hydrogens is 232 g/mol. The first-order valence-electron chi connectivity index (χ1n) is 7.45. The molecule has 0 aromatic heterocycles. The number of piperazine rings is 1. The molecule has 0 bridgehead atoms. The predicted octanol–water partition coefficient (Wildman–Crippen LogP) is 3.17. The van der Waals surface area contributed by atoms with Crippen LogP contribution in [0, 0.1) is 0 Å². The molecule has 1 aliphatic heterocycles. The van der Waals surface area contributed by atoms with Crippen LogP contribution in [0.5, 0.6) is 0 Å². The van der Waals surface area contributed by atoms with E-state index in [4.69, 9.17) is 0 Å². The molecule has 1 fully saturated rings. The molecule has 1 N–H and O–H groups in total. The average Bonchev–Trinajstić information content (AvgIpc) is 2.35. The molecule has 106 valence electrons. The molecule has 1 heterocycles. The smallest absolute Gasteiger partial charge is 0.0237 e. The predicted molar refractivity (Wildman–Crippen MR) is 82.5 cm³/mol. The first-order chi connectivity index (χ1) is 8.88. The van der Waals surface area contributed by atoms with Gasteiger partial charge in [0.05, 0.1) is 0 Å². The number of rotatable bonds is 2. The lowest BCUT2D eigenvalue weighted by Gasteiger charge is -2.38. The summed E-state index contributed by atoms with van der Waals surface area (Å²) in [6.07, 6.45) is 0. The van der Waals surface area contributed by atoms with Crippen molar-refractivity contribution in [3.05, 3.63) is 35.4 Å². The lowest BCUT2D eigenvalue weighted by molar-refractivity contribution is 0.131. The summed E-state index contributed by atoms with van der Waals surface area (Å²) in [5.74, 6) is 0. The van der Waals surface area contributed by atoms with Crippen LogP contribution >= 0.6 is 0 Å². The van der Waals surface area contributed by atoms with Crippen LogP contribution in [-0.4, -0.2) is 30.1 Å². The van der Waals surface area contributed by atoms with E-state index in [9.17, 15) is 0 Å². The topological polar surface area (TPSA) is 15.3 Å². The van der Waals surface area contributed by atoms with Crippen LogP contribution in [0.2, 0.25) is 0 Å². The average molecular weight is 260 g/mol. The number of nitrogens with zero attached hydrogens (tertiary/aromatic N) is 1. The Morgan fingerprint density at radius 3 is 2.37 bits per heavy atom. The highest BCUT2D eigenvalue weighted by atomic mass is 15.2. The van der Waals surface area contributed by atoms with Crippen molar-refractivity contribution in [2.24, 2.45) is 0 Å². The molecule has 2 unspecified atom stereocenters. The zero-order valence-electron chi connectivity index (χ0n) is 13.0. The van der Waals surface area contributed by atoms with Crippen molar-refractivity contribution in [2.45, 2.75) is 58.7 Å². The van der Waals surface area contributed by atoms with Gasteiger partial charge in [0, 0.05) is 31.7 Å². The highest BCUT2D eigenvalue weighted by molar-refractivity contribution is 5.27. The molecule has 1 saturated heterocycles. The highest BCUT2D eigenvalue weighted by Gasteiger charge is 2.24. The van der Waals surface area contributed by atoms with Crippen LogP contribution in [0.4, 0.5) is 0 Å². The first kappa shape index (κ1) is 14.5. The van der Waals surface area contributed by atoms with Gasteiger partial charge in [0.2, 0.25) is 0 Å². The SMILES string of the molecule is CC1NCCN(Cc2ccc(C(C)(C)C)cc2)C1C. The third kappa shape index (κ3) is 3.58. The summed E-state index contributed by atoms with van der Waals surface area (Å²) in [6.45, 7) is 14.7. The van der Waals surface area contributed by atoms with E-state index in [0.717, 1.165) is 19.6 Å². The quantitative estimate of drug-likeness (QED) is 0.878. The second kappa shape index (κ2) is 5.64. The third-order valence-corrected chi connectivity index (χ3v) is 4.37. The van der Waals surface area contributed by atoms with Crippen LogP contribution in [0.3, 0.4) is 0 Å². The summed E-state index contributed by atoms with van der Waals surface area (Å²) in [5.41, 5.74) is 3.09. The van der Waals surface area contributed by atoms with Crippen molar-refractivity contribution in [3.63, 3.8) is 0 Å². The van der Waals surface area contributed by atoms with E-state index in [1.165, 1.54) is 11.1 Å². The molecule has 0 radical (unpaired) electrons. The maximum Gasteiger partial charge on any atom is 0.0237 e. The van der Waals surface area contributed by atoms with Crippen LogP contribution in [-0.2, 0) is 12.0 Å². The number of benzene rings is 1. The summed E-state index contributed by atoms with van der Waals surface area (Å²) < 4.78 is 0. The third-order valence-electron chi connectivity index (χ3n) is 4.37. The van der Waals surface area contributed by atoms with Crippen molar-refractivity contribution in [2.75, 3.05) is 13.1 Å². The van der Waals surface area contributed by atoms with Crippen molar-refractivity contribution < 1.29 is 0 Å². The van der Waals surface area contributed by atoms with Gasteiger partial charge in [-0.15, -0.1) is 0 Å². The number of hydrogen-bond donors (Lipinski definition) is 1. The second-order valence-corrected chi connectivity index (χ2v) is 6.90. The van der Waals surface area contributed by atoms with Gasteiger partial charge < -0.3 is 5.32 Å². The molecule has 0 aliphatic carbocycles. The van der Waals surface area contributed by atoms with Crippen LogP contribution < -0.4 is 5.32 Å². The van der Waals surface area contributed by atoms with E-state index in [2.05, 4.69) is 69.1 Å². The van der Waals surface area contributed by atoms with Gasteiger partial charge in [0.25, 0.3) is 0 Å². The van der Waals surface area contributed by atoms with E-state index in [1.54, 1.807) is 0 Å². The Balaban J connectivity index is 2.03. The zero-order valence-corrected chi connectivity index (χ0v) is 13.0. The van der Waals surface area contributed by atoms with E-state index in [0.29, 0.717) is 12.1 Å². The molecule has 2 atom stereocenters. The summed E-state index contributed by atoms with van der Waals surface area (Å²) in [6, 6.07) is 10.3. The number of nitrogens with one attached hydrogen (secondary N) is 1. The van der Waals surface area contributed by atoms with Gasteiger partial charge in [-0.25, -0.2) is 0 Å². The molecule has 0 spiro atoms. The molecule has 1 aromatic carbocycles. The van der Waals surface area contributed by atoms with Crippen molar-refractivity contribution in [1.29, 1.82) is 0 Å². The Bertz CT molecular complexity index is 402. The molecular formula is C17H28N2. The van der Waals surface area contributed by atoms with Crippen LogP contribution in [0.15, 0.2) is 24.3 Å². The highest BCUT2D eigenvalue weighted by Crippen LogP contribution is 2.23. The monoisotopic (exact) mass is 260 g/mol. The van der Waals surface area contributed by atoms with Gasteiger partial charge in [-0.2, -0.15) is 0 Å². The van der Waals surface area contributed by atoms with E-state index >= 15 is 0 Å². The fourth-order valence-electron chi connectivity index (χ4n) is 2.69. The summed E-state index contributed by atoms with van der Waals surface area (Å²) in [7, 11) is 0. The molecule has 1 aromatic rings. The summed E-state index contributed by atoms with van der Waals surface area (Å²) in [4.78, 5) is 2.58. The zero-order chi connectivity index (χ0) is 14.0. The first-order valence-corrected chi connectivity index (χ1v) is 7.45. The molecule has 19 heavy (non-hydrogen) atoms. The van der Waals surface area contributed by atoms with Gasteiger partial charge in [0.15, 0.2) is 0 Å². The van der Waals surface area contributed by atoms with Gasteiger partial charge in [-0.1, -0.05) is 45.0 Å². The van der Waals surface area contributed by atoms with Gasteiger partial charge >= 0.3 is 0 Å². The van der Waals surface area contributed by atoms with E-state index in [-0.39, 0.29) is 5.41 Å². The van der Waals surface area contributed by atoms with Crippen LogP contribution in [0.25, 0.3) is 0 Å². The Labute approximate surface area is 118 Å². The Morgan fingerprint density at radius 2 is 1.79 bits per heavy atom. The molecule has 2 rings (SSSR count). The minimum atomic E-state index is 0.245. The lowest BCUT2D eigenvalue weighted by Crippen LogP contribution is -2.54. The fraction of sp³-hybridized carbons (Fsp3) is 0.647. The second-order valence-electron chi connectivity index (χ2n) is 6.90. The van der Waals surface area contributed by atoms with E-state index < -0.39 is 0 Å². The molecule has 1 aliphatic rings. The Kier molecular flexibility index (Phi) is 4.32. The lowest BCUT2D eigenvalue weighted by atomic mass is 9.86. The minimum absolute atomic E-state index is 0.245. The van der Waals surface area contributed by atoms with Gasteiger partial charge in [0.1, 0.15) is 0 Å². The summed E-state index contributed by atoms with van der Waals surface area (Å²) >= 11 is 0. The normalized spacial score (nSPS) is 25.5. The summed E-state index contributed by atoms with van der Waals surface area (Å²) in [5, 5.41) is 3.53. The Morgan fingerprint density at radius 1 is 1.16 bits per heavy atom. The van der Waals surface area contributed by atoms with Gasteiger partial charge in [-0.3, -0.25) is 4.90 Å². The number of hydrogen-bond acceptors (Lipinski definition) is 2. The Hall–Kier alpha value is -0.860. The molecule has 0 saturated carbocycles. The maximum atomic E-state index is 3.53. The van der Waals surface area contributed by atoms with Gasteiger partial charge in [-0.05, 0) is 30.4 Å². The minimum Gasteiger partial charge on any atom is -0.311 e. The van der Waals surface area contributed by atoms with E-state index in [1.807, 2.05) is 0 Å². The largest absolute Gasteiger partial charge is 0.311 e. The molecule has 2 heteroatoms.